The van der Waals surface area contributed by atoms with Crippen LogP contribution in [0.25, 0.3) is 0 Å². The Morgan fingerprint density at radius 3 is 2.00 bits per heavy atom. The minimum atomic E-state index is -0.199. The molecule has 32 heavy (non-hydrogen) atoms. The summed E-state index contributed by atoms with van der Waals surface area (Å²) in [4.78, 5) is 9.08. The third-order valence-electron chi connectivity index (χ3n) is 5.04. The van der Waals surface area contributed by atoms with Gasteiger partial charge >= 0.3 is 0 Å². The number of aromatic hydroxyl groups is 1. The summed E-state index contributed by atoms with van der Waals surface area (Å²) in [5.74, 6) is 0.911. The predicted octanol–water partition coefficient (Wildman–Crippen LogP) is 6.08. The molecule has 0 atom stereocenters. The lowest BCUT2D eigenvalue weighted by molar-refractivity contribution is 0.423. The topological polar surface area (TPSA) is 69.9 Å². The number of hydrazone groups is 1. The number of nitrogens with one attached hydrogen (secondary N) is 1. The first kappa shape index (κ1) is 23.2. The minimum Gasteiger partial charge on any atom is -0.507 e. The summed E-state index contributed by atoms with van der Waals surface area (Å²) in [5, 5.41) is 15.4. The smallest absolute Gasteiger partial charge is 0.172 e. The summed E-state index contributed by atoms with van der Waals surface area (Å²) in [6.45, 7) is 12.6. The molecule has 5 heteroatoms. The molecular weight excluding hydrogens is 396 g/mol. The highest BCUT2D eigenvalue weighted by molar-refractivity contribution is 5.99. The van der Waals surface area contributed by atoms with Crippen LogP contribution in [0.5, 0.6) is 5.75 Å². The van der Waals surface area contributed by atoms with Crippen LogP contribution in [0.15, 0.2) is 77.0 Å². The van der Waals surface area contributed by atoms with Gasteiger partial charge in [-0.2, -0.15) is 5.10 Å². The van der Waals surface area contributed by atoms with Crippen LogP contribution < -0.4 is 5.43 Å². The first-order chi connectivity index (χ1) is 15.1. The molecule has 3 aromatic rings. The van der Waals surface area contributed by atoms with Gasteiger partial charge in [-0.05, 0) is 52.8 Å². The van der Waals surface area contributed by atoms with Crippen LogP contribution in [0, 0.1) is 0 Å². The van der Waals surface area contributed by atoms with Crippen LogP contribution in [0.2, 0.25) is 0 Å². The van der Waals surface area contributed by atoms with E-state index in [0.717, 1.165) is 22.4 Å². The molecule has 166 valence electrons. The summed E-state index contributed by atoms with van der Waals surface area (Å²) in [5.41, 5.74) is 6.87. The second kappa shape index (κ2) is 9.35. The van der Waals surface area contributed by atoms with Crippen molar-refractivity contribution in [2.45, 2.75) is 52.4 Å². The number of para-hydroxylation sites is 1. The Morgan fingerprint density at radius 2 is 1.47 bits per heavy atom. The number of hydrogen-bond donors (Lipinski definition) is 2. The molecule has 1 aromatic heterocycles. The Hall–Kier alpha value is -3.47. The molecule has 0 fully saturated rings. The van der Waals surface area contributed by atoms with Crippen LogP contribution >= 0.6 is 0 Å². The van der Waals surface area contributed by atoms with Crippen LogP contribution in [-0.2, 0) is 10.8 Å². The van der Waals surface area contributed by atoms with E-state index in [-0.39, 0.29) is 10.8 Å². The average Bonchev–Trinajstić information content (AvgIpc) is 2.73. The highest BCUT2D eigenvalue weighted by atomic mass is 16.3. The zero-order valence-electron chi connectivity index (χ0n) is 19.7. The number of aromatic nitrogens is 1. The standard InChI is InChI=1S/C27H32N4O/c1-26(2,3)21-16-19(17-22(24(21)32)27(4,5)6)18-29-31-25(23-14-10-11-15-28-23)30-20-12-8-7-9-13-20/h7-18,32H,1-6H3,(H,30,31). The molecule has 5 nitrogen and oxygen atoms in total. The van der Waals surface area contributed by atoms with Crippen LogP contribution in [-0.4, -0.2) is 22.1 Å². The number of phenols is 1. The van der Waals surface area contributed by atoms with Crippen LogP contribution in [0.1, 0.15) is 63.9 Å². The van der Waals surface area contributed by atoms with Gasteiger partial charge in [0.15, 0.2) is 5.84 Å². The van der Waals surface area contributed by atoms with Crippen molar-refractivity contribution in [1.29, 1.82) is 0 Å². The van der Waals surface area contributed by atoms with E-state index in [2.05, 4.69) is 62.0 Å². The largest absolute Gasteiger partial charge is 0.507 e. The summed E-state index contributed by atoms with van der Waals surface area (Å²) in [7, 11) is 0. The summed E-state index contributed by atoms with van der Waals surface area (Å²) in [6, 6.07) is 19.3. The van der Waals surface area contributed by atoms with E-state index >= 15 is 0 Å². The fraction of sp³-hybridized carbons (Fsp3) is 0.296. The maximum Gasteiger partial charge on any atom is 0.172 e. The van der Waals surface area contributed by atoms with E-state index in [4.69, 9.17) is 0 Å². The van der Waals surface area contributed by atoms with E-state index in [0.29, 0.717) is 17.3 Å². The maximum atomic E-state index is 10.9. The van der Waals surface area contributed by atoms with Crippen molar-refractivity contribution < 1.29 is 5.11 Å². The number of pyridine rings is 1. The Morgan fingerprint density at radius 1 is 0.875 bits per heavy atom. The molecule has 0 unspecified atom stereocenters. The zero-order chi connectivity index (χ0) is 23.4. The van der Waals surface area contributed by atoms with Crippen molar-refractivity contribution in [3.8, 4) is 5.75 Å². The molecular formula is C27H32N4O. The number of benzene rings is 2. The van der Waals surface area contributed by atoms with Gasteiger partial charge in [-0.15, -0.1) is 0 Å². The van der Waals surface area contributed by atoms with Crippen LogP contribution in [0.4, 0.5) is 5.69 Å². The molecule has 0 amide bonds. The van der Waals surface area contributed by atoms with Gasteiger partial charge in [-0.1, -0.05) is 65.8 Å². The Kier molecular flexibility index (Phi) is 6.78. The van der Waals surface area contributed by atoms with E-state index in [1.165, 1.54) is 0 Å². The lowest BCUT2D eigenvalue weighted by Gasteiger charge is -2.27. The van der Waals surface area contributed by atoms with E-state index < -0.39 is 0 Å². The summed E-state index contributed by atoms with van der Waals surface area (Å²) < 4.78 is 0. The number of aliphatic imine (C=N–C) groups is 1. The molecule has 0 aliphatic carbocycles. The third-order valence-corrected chi connectivity index (χ3v) is 5.04. The molecule has 0 saturated heterocycles. The fourth-order valence-corrected chi connectivity index (χ4v) is 3.32. The van der Waals surface area contributed by atoms with Gasteiger partial charge in [0.25, 0.3) is 0 Å². The van der Waals surface area contributed by atoms with Crippen molar-refractivity contribution in [3.05, 3.63) is 89.2 Å². The van der Waals surface area contributed by atoms with Crippen LogP contribution in [0.3, 0.4) is 0 Å². The summed E-state index contributed by atoms with van der Waals surface area (Å²) in [6.07, 6.45) is 3.49. The van der Waals surface area contributed by atoms with E-state index in [9.17, 15) is 5.11 Å². The normalized spacial score (nSPS) is 12.9. The van der Waals surface area contributed by atoms with Crippen molar-refractivity contribution in [3.63, 3.8) is 0 Å². The van der Waals surface area contributed by atoms with E-state index in [1.54, 1.807) is 12.4 Å². The van der Waals surface area contributed by atoms with Gasteiger partial charge in [0.1, 0.15) is 11.4 Å². The van der Waals surface area contributed by atoms with Crippen molar-refractivity contribution in [1.82, 2.24) is 10.4 Å². The fourth-order valence-electron chi connectivity index (χ4n) is 3.32. The molecule has 2 aromatic carbocycles. The lowest BCUT2D eigenvalue weighted by atomic mass is 9.78. The predicted molar refractivity (Wildman–Crippen MR) is 133 cm³/mol. The number of hydrogen-bond acceptors (Lipinski definition) is 4. The van der Waals surface area contributed by atoms with Crippen molar-refractivity contribution in [2.24, 2.45) is 10.1 Å². The second-order valence-electron chi connectivity index (χ2n) is 9.85. The average molecular weight is 429 g/mol. The second-order valence-corrected chi connectivity index (χ2v) is 9.85. The quantitative estimate of drug-likeness (QED) is 0.300. The van der Waals surface area contributed by atoms with Gasteiger partial charge in [-0.3, -0.25) is 10.4 Å². The zero-order valence-corrected chi connectivity index (χ0v) is 19.7. The number of rotatable bonds is 4. The first-order valence-corrected chi connectivity index (χ1v) is 10.8. The maximum absolute atomic E-state index is 10.9. The monoisotopic (exact) mass is 428 g/mol. The Bertz CT molecular complexity index is 1070. The number of nitrogens with zero attached hydrogens (tertiary/aromatic N) is 3. The first-order valence-electron chi connectivity index (χ1n) is 10.8. The van der Waals surface area contributed by atoms with Crippen molar-refractivity contribution >= 4 is 17.7 Å². The Balaban J connectivity index is 1.97. The minimum absolute atomic E-state index is 0.199. The van der Waals surface area contributed by atoms with Gasteiger partial charge in [0.2, 0.25) is 0 Å². The van der Waals surface area contributed by atoms with Gasteiger partial charge in [0, 0.05) is 17.3 Å². The highest BCUT2D eigenvalue weighted by Crippen LogP contribution is 2.39. The molecule has 0 aliphatic rings. The molecule has 1 heterocycles. The molecule has 0 radical (unpaired) electrons. The highest BCUT2D eigenvalue weighted by Gasteiger charge is 2.26. The molecule has 0 aliphatic heterocycles. The molecule has 0 saturated carbocycles. The molecule has 0 bridgehead atoms. The Labute approximate surface area is 191 Å². The number of phenolic OH excluding ortho intramolecular Hbond substituents is 1. The molecule has 2 N–H and O–H groups in total. The molecule has 3 rings (SSSR count). The SMILES string of the molecule is CC(C)(C)c1cc(C=NNC(=Nc2ccccc2)c2ccccn2)cc(C(C)(C)C)c1O. The number of amidine groups is 1. The molecule has 0 spiro atoms. The summed E-state index contributed by atoms with van der Waals surface area (Å²) >= 11 is 0. The van der Waals surface area contributed by atoms with Gasteiger partial charge < -0.3 is 5.11 Å². The van der Waals surface area contributed by atoms with Crippen molar-refractivity contribution in [2.75, 3.05) is 0 Å². The lowest BCUT2D eigenvalue weighted by Crippen LogP contribution is -2.20. The van der Waals surface area contributed by atoms with Gasteiger partial charge in [0.05, 0.1) is 11.9 Å². The van der Waals surface area contributed by atoms with E-state index in [1.807, 2.05) is 60.7 Å². The van der Waals surface area contributed by atoms with Gasteiger partial charge in [-0.25, -0.2) is 4.99 Å². The third kappa shape index (κ3) is 5.82.